The minimum Gasteiger partial charge on any atom is -0.478 e. The van der Waals surface area contributed by atoms with E-state index in [4.69, 9.17) is 4.74 Å². The largest absolute Gasteiger partial charge is 0.478 e. The zero-order valence-corrected chi connectivity index (χ0v) is 13.7. The third-order valence-electron chi connectivity index (χ3n) is 4.08. The molecule has 0 saturated carbocycles. The summed E-state index contributed by atoms with van der Waals surface area (Å²) in [6.45, 7) is 11.3. The van der Waals surface area contributed by atoms with E-state index >= 15 is 0 Å². The third-order valence-corrected chi connectivity index (χ3v) is 4.08. The standard InChI is InChI=1S/C16H28N4O/c1-5-9-21-14-10-12(2)19-15(20-14)18-11-13-16(3,4)7-6-8-17-13/h10,13,17H,5-9,11H2,1-4H3,(H,18,19,20). The Labute approximate surface area is 127 Å². The molecule has 1 unspecified atom stereocenters. The number of ether oxygens (including phenoxy) is 1. The maximum Gasteiger partial charge on any atom is 0.226 e. The van der Waals surface area contributed by atoms with Crippen molar-refractivity contribution in [2.24, 2.45) is 5.41 Å². The van der Waals surface area contributed by atoms with Crippen LogP contribution in [-0.2, 0) is 0 Å². The summed E-state index contributed by atoms with van der Waals surface area (Å²) >= 11 is 0. The lowest BCUT2D eigenvalue weighted by atomic mass is 9.77. The van der Waals surface area contributed by atoms with Gasteiger partial charge < -0.3 is 15.4 Å². The zero-order chi connectivity index (χ0) is 15.3. The van der Waals surface area contributed by atoms with Crippen LogP contribution in [0.5, 0.6) is 5.88 Å². The lowest BCUT2D eigenvalue weighted by Crippen LogP contribution is -2.50. The Kier molecular flexibility index (Phi) is 5.39. The van der Waals surface area contributed by atoms with Crippen molar-refractivity contribution in [3.8, 4) is 5.88 Å². The van der Waals surface area contributed by atoms with E-state index in [9.17, 15) is 0 Å². The van der Waals surface area contributed by atoms with Crippen LogP contribution in [0.2, 0.25) is 0 Å². The van der Waals surface area contributed by atoms with E-state index < -0.39 is 0 Å². The van der Waals surface area contributed by atoms with Gasteiger partial charge in [-0.15, -0.1) is 0 Å². The van der Waals surface area contributed by atoms with Crippen LogP contribution < -0.4 is 15.4 Å². The summed E-state index contributed by atoms with van der Waals surface area (Å²) in [6.07, 6.45) is 3.48. The van der Waals surface area contributed by atoms with E-state index in [1.807, 2.05) is 13.0 Å². The van der Waals surface area contributed by atoms with E-state index in [1.165, 1.54) is 12.8 Å². The highest BCUT2D eigenvalue weighted by molar-refractivity contribution is 5.31. The molecule has 0 aliphatic carbocycles. The molecule has 5 nitrogen and oxygen atoms in total. The highest BCUT2D eigenvalue weighted by Gasteiger charge is 2.31. The number of hydrogen-bond donors (Lipinski definition) is 2. The van der Waals surface area contributed by atoms with Crippen LogP contribution in [0.3, 0.4) is 0 Å². The van der Waals surface area contributed by atoms with Crippen molar-refractivity contribution in [3.63, 3.8) is 0 Å². The molecule has 0 spiro atoms. The van der Waals surface area contributed by atoms with Gasteiger partial charge in [-0.1, -0.05) is 20.8 Å². The molecular weight excluding hydrogens is 264 g/mol. The monoisotopic (exact) mass is 292 g/mol. The molecule has 1 fully saturated rings. The van der Waals surface area contributed by atoms with Crippen LogP contribution in [0.15, 0.2) is 6.07 Å². The first-order valence-electron chi connectivity index (χ1n) is 7.97. The maximum atomic E-state index is 5.60. The van der Waals surface area contributed by atoms with Crippen molar-refractivity contribution in [2.75, 3.05) is 25.0 Å². The van der Waals surface area contributed by atoms with E-state index in [1.54, 1.807) is 0 Å². The molecule has 1 aliphatic heterocycles. The number of piperidine rings is 1. The smallest absolute Gasteiger partial charge is 0.226 e. The average molecular weight is 292 g/mol. The Morgan fingerprint density at radius 2 is 2.24 bits per heavy atom. The van der Waals surface area contributed by atoms with Crippen molar-refractivity contribution in [1.29, 1.82) is 0 Å². The molecule has 2 rings (SSSR count). The highest BCUT2D eigenvalue weighted by Crippen LogP contribution is 2.30. The fourth-order valence-electron chi connectivity index (χ4n) is 2.71. The minimum atomic E-state index is 0.302. The van der Waals surface area contributed by atoms with Crippen molar-refractivity contribution >= 4 is 5.95 Å². The molecule has 2 heterocycles. The van der Waals surface area contributed by atoms with Crippen LogP contribution in [0, 0.1) is 12.3 Å². The molecular formula is C16H28N4O. The lowest BCUT2D eigenvalue weighted by Gasteiger charge is -2.39. The van der Waals surface area contributed by atoms with E-state index in [0.717, 1.165) is 25.2 Å². The van der Waals surface area contributed by atoms with Crippen molar-refractivity contribution < 1.29 is 4.74 Å². The Hall–Kier alpha value is -1.36. The number of anilines is 1. The summed E-state index contributed by atoms with van der Waals surface area (Å²) in [4.78, 5) is 8.88. The van der Waals surface area contributed by atoms with Gasteiger partial charge in [-0.25, -0.2) is 4.98 Å². The molecule has 5 heteroatoms. The molecule has 0 aromatic carbocycles. The second-order valence-corrected chi connectivity index (χ2v) is 6.50. The van der Waals surface area contributed by atoms with Gasteiger partial charge in [0.1, 0.15) is 0 Å². The Morgan fingerprint density at radius 1 is 1.43 bits per heavy atom. The van der Waals surface area contributed by atoms with Crippen LogP contribution in [0.4, 0.5) is 5.95 Å². The summed E-state index contributed by atoms with van der Waals surface area (Å²) < 4.78 is 5.60. The molecule has 0 bridgehead atoms. The van der Waals surface area contributed by atoms with Crippen LogP contribution in [-0.4, -0.2) is 35.7 Å². The fraction of sp³-hybridized carbons (Fsp3) is 0.750. The molecule has 1 atom stereocenters. The first-order chi connectivity index (χ1) is 10.0. The van der Waals surface area contributed by atoms with Gasteiger partial charge in [0, 0.05) is 24.3 Å². The van der Waals surface area contributed by atoms with E-state index in [2.05, 4.69) is 41.4 Å². The van der Waals surface area contributed by atoms with Gasteiger partial charge in [-0.2, -0.15) is 4.98 Å². The first kappa shape index (κ1) is 16.0. The second kappa shape index (κ2) is 7.07. The van der Waals surface area contributed by atoms with Crippen LogP contribution in [0.1, 0.15) is 45.7 Å². The predicted octanol–water partition coefficient (Wildman–Crippen LogP) is 2.76. The summed E-state index contributed by atoms with van der Waals surface area (Å²) in [7, 11) is 0. The van der Waals surface area contributed by atoms with Gasteiger partial charge in [-0.3, -0.25) is 0 Å². The lowest BCUT2D eigenvalue weighted by molar-refractivity contribution is 0.188. The normalized spacial score (nSPS) is 21.0. The summed E-state index contributed by atoms with van der Waals surface area (Å²) in [5.74, 6) is 1.31. The summed E-state index contributed by atoms with van der Waals surface area (Å²) in [5, 5.41) is 6.96. The van der Waals surface area contributed by atoms with E-state index in [0.29, 0.717) is 29.9 Å². The molecule has 0 amide bonds. The molecule has 2 N–H and O–H groups in total. The SMILES string of the molecule is CCCOc1cc(C)nc(NCC2NCCCC2(C)C)n1. The third kappa shape index (κ3) is 4.56. The average Bonchev–Trinajstić information content (AvgIpc) is 2.43. The Balaban J connectivity index is 1.97. The molecule has 1 aromatic rings. The van der Waals surface area contributed by atoms with Crippen molar-refractivity contribution in [2.45, 2.75) is 53.0 Å². The van der Waals surface area contributed by atoms with Gasteiger partial charge in [0.2, 0.25) is 11.8 Å². The number of rotatable bonds is 6. The second-order valence-electron chi connectivity index (χ2n) is 6.50. The maximum absolute atomic E-state index is 5.60. The number of nitrogens with zero attached hydrogens (tertiary/aromatic N) is 2. The van der Waals surface area contributed by atoms with Crippen molar-refractivity contribution in [3.05, 3.63) is 11.8 Å². The molecule has 21 heavy (non-hydrogen) atoms. The first-order valence-corrected chi connectivity index (χ1v) is 7.97. The quantitative estimate of drug-likeness (QED) is 0.844. The Morgan fingerprint density at radius 3 is 2.95 bits per heavy atom. The Bertz CT molecular complexity index is 462. The minimum absolute atomic E-state index is 0.302. The number of nitrogens with one attached hydrogen (secondary N) is 2. The molecule has 1 aliphatic rings. The number of hydrogen-bond acceptors (Lipinski definition) is 5. The zero-order valence-electron chi connectivity index (χ0n) is 13.7. The topological polar surface area (TPSA) is 59.1 Å². The number of aromatic nitrogens is 2. The van der Waals surface area contributed by atoms with Gasteiger partial charge in [0.25, 0.3) is 0 Å². The van der Waals surface area contributed by atoms with Crippen molar-refractivity contribution in [1.82, 2.24) is 15.3 Å². The van der Waals surface area contributed by atoms with Crippen LogP contribution >= 0.6 is 0 Å². The van der Waals surface area contributed by atoms with Gasteiger partial charge in [0.15, 0.2) is 0 Å². The molecule has 0 radical (unpaired) electrons. The molecule has 1 saturated heterocycles. The van der Waals surface area contributed by atoms with Crippen LogP contribution in [0.25, 0.3) is 0 Å². The van der Waals surface area contributed by atoms with Gasteiger partial charge in [0.05, 0.1) is 6.61 Å². The van der Waals surface area contributed by atoms with Gasteiger partial charge in [-0.05, 0) is 38.1 Å². The van der Waals surface area contributed by atoms with Gasteiger partial charge >= 0.3 is 0 Å². The fourth-order valence-corrected chi connectivity index (χ4v) is 2.71. The molecule has 1 aromatic heterocycles. The van der Waals surface area contributed by atoms with E-state index in [-0.39, 0.29) is 0 Å². The predicted molar refractivity (Wildman–Crippen MR) is 85.9 cm³/mol. The molecule has 118 valence electrons. The summed E-state index contributed by atoms with van der Waals surface area (Å²) in [6, 6.07) is 2.32. The highest BCUT2D eigenvalue weighted by atomic mass is 16.5. The summed E-state index contributed by atoms with van der Waals surface area (Å²) in [5.41, 5.74) is 1.23. The number of aryl methyl sites for hydroxylation is 1.